The summed E-state index contributed by atoms with van der Waals surface area (Å²) >= 11 is 0. The molecule has 0 radical (unpaired) electrons. The Labute approximate surface area is 157 Å². The molecule has 0 N–H and O–H groups in total. The van der Waals surface area contributed by atoms with Gasteiger partial charge in [0.2, 0.25) is 5.91 Å². The molecule has 5 nitrogen and oxygen atoms in total. The molecule has 0 saturated carbocycles. The number of benzene rings is 1. The van der Waals surface area contributed by atoms with Crippen molar-refractivity contribution in [2.75, 3.05) is 26.2 Å². The van der Waals surface area contributed by atoms with Crippen LogP contribution in [0.4, 0.5) is 8.78 Å². The summed E-state index contributed by atoms with van der Waals surface area (Å²) < 4.78 is 28.7. The average molecular weight is 376 g/mol. The van der Waals surface area contributed by atoms with Crippen molar-refractivity contribution in [3.63, 3.8) is 0 Å². The maximum atomic E-state index is 13.6. The predicted octanol–water partition coefficient (Wildman–Crippen LogP) is 3.24. The van der Waals surface area contributed by atoms with E-state index in [0.29, 0.717) is 29.5 Å². The number of carbonyl (C=O) groups is 1. The van der Waals surface area contributed by atoms with Crippen molar-refractivity contribution in [1.82, 2.24) is 19.4 Å². The standard InChI is InChI=1S/C20H26F2N4O/c1-14-3-2-6-25(11-14)20(27)15-4-7-24(8-5-15)13-26-12-23-18-9-16(21)17(22)10-19(18)26/h9-10,12,14-15H,2-8,11,13H2,1H3. The lowest BCUT2D eigenvalue weighted by molar-refractivity contribution is -0.139. The fraction of sp³-hybridized carbons (Fsp3) is 0.600. The number of halogens is 2. The number of nitrogens with zero attached hydrogens (tertiary/aromatic N) is 4. The molecule has 7 heteroatoms. The lowest BCUT2D eigenvalue weighted by atomic mass is 9.93. The van der Waals surface area contributed by atoms with Crippen LogP contribution >= 0.6 is 0 Å². The van der Waals surface area contributed by atoms with Crippen LogP contribution in [0, 0.1) is 23.5 Å². The van der Waals surface area contributed by atoms with Crippen molar-refractivity contribution in [3.05, 3.63) is 30.1 Å². The summed E-state index contributed by atoms with van der Waals surface area (Å²) in [6, 6.07) is 2.33. The SMILES string of the molecule is CC1CCCN(C(=O)C2CCN(Cn3cnc4cc(F)c(F)cc43)CC2)C1. The average Bonchev–Trinajstić information content (AvgIpc) is 3.04. The molecule has 3 heterocycles. The van der Waals surface area contributed by atoms with Crippen molar-refractivity contribution in [1.29, 1.82) is 0 Å². The molecule has 0 spiro atoms. The highest BCUT2D eigenvalue weighted by molar-refractivity contribution is 5.79. The van der Waals surface area contributed by atoms with Crippen LogP contribution in [0.25, 0.3) is 11.0 Å². The van der Waals surface area contributed by atoms with E-state index >= 15 is 0 Å². The van der Waals surface area contributed by atoms with Crippen molar-refractivity contribution in [2.24, 2.45) is 11.8 Å². The van der Waals surface area contributed by atoms with E-state index in [-0.39, 0.29) is 5.92 Å². The number of hydrogen-bond donors (Lipinski definition) is 0. The molecule has 1 unspecified atom stereocenters. The van der Waals surface area contributed by atoms with Crippen LogP contribution in [-0.4, -0.2) is 51.4 Å². The van der Waals surface area contributed by atoms with Gasteiger partial charge in [0.15, 0.2) is 11.6 Å². The molecule has 2 aliphatic heterocycles. The van der Waals surface area contributed by atoms with Gasteiger partial charge in [-0.15, -0.1) is 0 Å². The van der Waals surface area contributed by atoms with Gasteiger partial charge in [0.1, 0.15) is 0 Å². The molecule has 0 aliphatic carbocycles. The highest BCUT2D eigenvalue weighted by atomic mass is 19.2. The van der Waals surface area contributed by atoms with E-state index in [1.165, 1.54) is 12.5 Å². The molecular formula is C20H26F2N4O. The van der Waals surface area contributed by atoms with E-state index in [1.807, 2.05) is 4.57 Å². The number of hydrogen-bond acceptors (Lipinski definition) is 3. The van der Waals surface area contributed by atoms with Crippen molar-refractivity contribution in [2.45, 2.75) is 39.3 Å². The summed E-state index contributed by atoms with van der Waals surface area (Å²) in [6.45, 7) is 6.22. The van der Waals surface area contributed by atoms with E-state index < -0.39 is 11.6 Å². The molecule has 2 aliphatic rings. The fourth-order valence-electron chi connectivity index (χ4n) is 4.35. The molecule has 4 rings (SSSR count). The fourth-order valence-corrected chi connectivity index (χ4v) is 4.35. The highest BCUT2D eigenvalue weighted by Crippen LogP contribution is 2.25. The first-order valence-electron chi connectivity index (χ1n) is 9.82. The number of aromatic nitrogens is 2. The van der Waals surface area contributed by atoms with E-state index in [1.54, 1.807) is 6.33 Å². The van der Waals surface area contributed by atoms with Crippen molar-refractivity contribution in [3.8, 4) is 0 Å². The largest absolute Gasteiger partial charge is 0.342 e. The Morgan fingerprint density at radius 3 is 2.63 bits per heavy atom. The van der Waals surface area contributed by atoms with E-state index in [4.69, 9.17) is 0 Å². The van der Waals surface area contributed by atoms with Gasteiger partial charge in [0.05, 0.1) is 24.0 Å². The highest BCUT2D eigenvalue weighted by Gasteiger charge is 2.30. The molecule has 0 bridgehead atoms. The van der Waals surface area contributed by atoms with Gasteiger partial charge in [0, 0.05) is 44.2 Å². The molecule has 146 valence electrons. The molecule has 2 aromatic rings. The molecule has 27 heavy (non-hydrogen) atoms. The summed E-state index contributed by atoms with van der Waals surface area (Å²) in [5.74, 6) is -0.713. The van der Waals surface area contributed by atoms with Crippen LogP contribution in [0.2, 0.25) is 0 Å². The Bertz CT molecular complexity index is 829. The second-order valence-corrected chi connectivity index (χ2v) is 8.03. The predicted molar refractivity (Wildman–Crippen MR) is 98.9 cm³/mol. The second-order valence-electron chi connectivity index (χ2n) is 8.03. The Morgan fingerprint density at radius 1 is 1.15 bits per heavy atom. The van der Waals surface area contributed by atoms with Crippen LogP contribution in [0.3, 0.4) is 0 Å². The Morgan fingerprint density at radius 2 is 1.89 bits per heavy atom. The summed E-state index contributed by atoms with van der Waals surface area (Å²) in [5, 5.41) is 0. The van der Waals surface area contributed by atoms with Gasteiger partial charge in [-0.05, 0) is 31.6 Å². The van der Waals surface area contributed by atoms with E-state index in [0.717, 1.165) is 51.5 Å². The number of fused-ring (bicyclic) bond motifs is 1. The van der Waals surface area contributed by atoms with Gasteiger partial charge in [-0.2, -0.15) is 0 Å². The molecule has 2 fully saturated rings. The summed E-state index contributed by atoms with van der Waals surface area (Å²) in [5.41, 5.74) is 1.05. The van der Waals surface area contributed by atoms with Crippen LogP contribution in [-0.2, 0) is 11.5 Å². The summed E-state index contributed by atoms with van der Waals surface area (Å²) in [6.07, 6.45) is 5.64. The molecule has 1 aromatic heterocycles. The number of likely N-dealkylation sites (tertiary alicyclic amines) is 2. The number of carbonyl (C=O) groups excluding carboxylic acids is 1. The number of rotatable bonds is 3. The quantitative estimate of drug-likeness (QED) is 0.826. The van der Waals surface area contributed by atoms with Gasteiger partial charge in [0.25, 0.3) is 0 Å². The molecule has 1 aromatic carbocycles. The van der Waals surface area contributed by atoms with E-state index in [2.05, 4.69) is 21.7 Å². The Hall–Kier alpha value is -2.02. The molecule has 1 amide bonds. The maximum Gasteiger partial charge on any atom is 0.225 e. The monoisotopic (exact) mass is 376 g/mol. The third-order valence-electron chi connectivity index (χ3n) is 5.92. The lowest BCUT2D eigenvalue weighted by Crippen LogP contribution is -2.46. The molecular weight excluding hydrogens is 350 g/mol. The zero-order valence-corrected chi connectivity index (χ0v) is 15.7. The third-order valence-corrected chi connectivity index (χ3v) is 5.92. The number of imidazole rings is 1. The Kier molecular flexibility index (Phi) is 5.12. The van der Waals surface area contributed by atoms with Crippen LogP contribution < -0.4 is 0 Å². The second kappa shape index (κ2) is 7.54. The summed E-state index contributed by atoms with van der Waals surface area (Å²) in [7, 11) is 0. The minimum Gasteiger partial charge on any atom is -0.342 e. The lowest BCUT2D eigenvalue weighted by Gasteiger charge is -2.37. The zero-order chi connectivity index (χ0) is 19.0. The Balaban J connectivity index is 1.36. The van der Waals surface area contributed by atoms with Gasteiger partial charge >= 0.3 is 0 Å². The van der Waals surface area contributed by atoms with Crippen molar-refractivity contribution < 1.29 is 13.6 Å². The zero-order valence-electron chi connectivity index (χ0n) is 15.7. The van der Waals surface area contributed by atoms with Crippen LogP contribution in [0.5, 0.6) is 0 Å². The third kappa shape index (κ3) is 3.83. The smallest absolute Gasteiger partial charge is 0.225 e. The van der Waals surface area contributed by atoms with Crippen LogP contribution in [0.1, 0.15) is 32.6 Å². The number of amides is 1. The first-order chi connectivity index (χ1) is 13.0. The normalized spacial score (nSPS) is 22.5. The van der Waals surface area contributed by atoms with Gasteiger partial charge in [-0.3, -0.25) is 9.69 Å². The van der Waals surface area contributed by atoms with Crippen LogP contribution in [0.15, 0.2) is 18.5 Å². The van der Waals surface area contributed by atoms with Gasteiger partial charge in [-0.25, -0.2) is 13.8 Å². The van der Waals surface area contributed by atoms with Gasteiger partial charge in [-0.1, -0.05) is 6.92 Å². The maximum absolute atomic E-state index is 13.6. The minimum atomic E-state index is -0.876. The van der Waals surface area contributed by atoms with Crippen molar-refractivity contribution >= 4 is 16.9 Å². The first kappa shape index (κ1) is 18.3. The van der Waals surface area contributed by atoms with E-state index in [9.17, 15) is 13.6 Å². The van der Waals surface area contributed by atoms with Gasteiger partial charge < -0.3 is 9.47 Å². The first-order valence-corrected chi connectivity index (χ1v) is 9.82. The molecule has 1 atom stereocenters. The minimum absolute atomic E-state index is 0.109. The summed E-state index contributed by atoms with van der Waals surface area (Å²) in [4.78, 5) is 21.2. The molecule has 2 saturated heterocycles. The topological polar surface area (TPSA) is 41.4 Å². The number of piperidine rings is 2.